The number of rotatable bonds is 9. The van der Waals surface area contributed by atoms with Crippen LogP contribution < -0.4 is 10.2 Å². The van der Waals surface area contributed by atoms with E-state index in [1.807, 2.05) is 79.2 Å². The number of nitrogens with zero attached hydrogens (tertiary/aromatic N) is 2. The smallest absolute Gasteiger partial charge is 0.335 e. The molecule has 0 spiro atoms. The van der Waals surface area contributed by atoms with E-state index in [1.165, 1.54) is 18.2 Å². The zero-order valence-electron chi connectivity index (χ0n) is 25.4. The molecule has 1 aliphatic heterocycles. The summed E-state index contributed by atoms with van der Waals surface area (Å²) in [4.78, 5) is 42.3. The number of piperidine rings is 1. The lowest BCUT2D eigenvalue weighted by atomic mass is 10.0. The van der Waals surface area contributed by atoms with Crippen LogP contribution >= 0.6 is 11.8 Å². The van der Waals surface area contributed by atoms with Crippen molar-refractivity contribution in [3.8, 4) is 0 Å². The van der Waals surface area contributed by atoms with E-state index in [0.29, 0.717) is 28.3 Å². The Bertz CT molecular complexity index is 1920. The molecule has 1 saturated heterocycles. The van der Waals surface area contributed by atoms with E-state index in [2.05, 4.69) is 16.3 Å². The van der Waals surface area contributed by atoms with Crippen LogP contribution in [0.3, 0.4) is 0 Å². The van der Waals surface area contributed by atoms with Gasteiger partial charge in [0.05, 0.1) is 16.9 Å². The summed E-state index contributed by atoms with van der Waals surface area (Å²) in [5, 5.41) is 13.3. The van der Waals surface area contributed by atoms with E-state index in [4.69, 9.17) is 0 Å². The molecule has 2 heterocycles. The maximum Gasteiger partial charge on any atom is 0.335 e. The summed E-state index contributed by atoms with van der Waals surface area (Å²) in [6.45, 7) is 3.92. The number of carboxylic acid groups (broad SMARTS) is 1. The van der Waals surface area contributed by atoms with Gasteiger partial charge in [0.15, 0.2) is 0 Å². The van der Waals surface area contributed by atoms with Gasteiger partial charge in [0, 0.05) is 58.5 Å². The molecule has 0 saturated carbocycles. The molecule has 2 N–H and O–H groups in total. The van der Waals surface area contributed by atoms with Gasteiger partial charge in [-0.15, -0.1) is 11.8 Å². The van der Waals surface area contributed by atoms with Gasteiger partial charge in [0.25, 0.3) is 5.91 Å². The van der Waals surface area contributed by atoms with E-state index < -0.39 is 5.97 Å². The first kappa shape index (κ1) is 30.2. The number of ketones is 1. The molecule has 0 aliphatic carbocycles. The molecule has 1 amide bonds. The number of carbonyl (C=O) groups excluding carboxylic acids is 2. The zero-order valence-corrected chi connectivity index (χ0v) is 26.2. The third-order valence-electron chi connectivity index (χ3n) is 8.33. The fourth-order valence-corrected chi connectivity index (χ4v) is 6.75. The summed E-state index contributed by atoms with van der Waals surface area (Å²) in [5.74, 6) is -0.844. The van der Waals surface area contributed by atoms with Gasteiger partial charge >= 0.3 is 5.97 Å². The zero-order chi connectivity index (χ0) is 31.5. The van der Waals surface area contributed by atoms with Gasteiger partial charge in [-0.2, -0.15) is 0 Å². The van der Waals surface area contributed by atoms with Crippen LogP contribution in [0.5, 0.6) is 0 Å². The normalized spacial score (nSPS) is 13.2. The van der Waals surface area contributed by atoms with Crippen molar-refractivity contribution >= 4 is 51.7 Å². The minimum absolute atomic E-state index is 0.144. The van der Waals surface area contributed by atoms with Gasteiger partial charge in [0.1, 0.15) is 0 Å². The molecular formula is C37H35N3O4S. The standard InChI is InChI=1S/C37H35N3O4S/c1-24-12-13-26-21-34(39(2)33(26)18-24)35(41)31-22-29(40-16-4-3-5-17-40)14-15-32(31)38-36(42)27-9-6-8-25(19-27)23-45-30-11-7-10-28(20-30)37(43)44/h6-15,18-22H,3-5,16-17,23H2,1-2H3,(H,38,42)(H,43,44). The number of fused-ring (bicyclic) bond motifs is 1. The van der Waals surface area contributed by atoms with Crippen molar-refractivity contribution in [2.75, 3.05) is 23.3 Å². The first-order valence-electron chi connectivity index (χ1n) is 15.1. The highest BCUT2D eigenvalue weighted by atomic mass is 32.2. The fourth-order valence-electron chi connectivity index (χ4n) is 5.86. The fraction of sp³-hybridized carbons (Fsp3) is 0.216. The summed E-state index contributed by atoms with van der Waals surface area (Å²) in [6, 6.07) is 28.0. The van der Waals surface area contributed by atoms with Gasteiger partial charge in [-0.1, -0.05) is 30.3 Å². The number of nitrogens with one attached hydrogen (secondary N) is 1. The van der Waals surface area contributed by atoms with Gasteiger partial charge in [-0.25, -0.2) is 4.79 Å². The van der Waals surface area contributed by atoms with Crippen molar-refractivity contribution < 1.29 is 19.5 Å². The predicted molar refractivity (Wildman–Crippen MR) is 181 cm³/mol. The number of benzene rings is 4. The summed E-state index contributed by atoms with van der Waals surface area (Å²) in [6.07, 6.45) is 3.44. The molecule has 4 aromatic carbocycles. The molecule has 45 heavy (non-hydrogen) atoms. The van der Waals surface area contributed by atoms with E-state index in [0.717, 1.165) is 58.5 Å². The molecule has 6 rings (SSSR count). The van der Waals surface area contributed by atoms with Crippen LogP contribution in [0, 0.1) is 6.92 Å². The van der Waals surface area contributed by atoms with Crippen LogP contribution in [0.1, 0.15) is 67.2 Å². The van der Waals surface area contributed by atoms with Gasteiger partial charge < -0.3 is 19.9 Å². The average Bonchev–Trinajstić information content (AvgIpc) is 3.39. The molecular weight excluding hydrogens is 582 g/mol. The molecule has 1 aliphatic rings. The average molecular weight is 618 g/mol. The lowest BCUT2D eigenvalue weighted by Gasteiger charge is -2.29. The van der Waals surface area contributed by atoms with Crippen molar-refractivity contribution in [1.29, 1.82) is 0 Å². The van der Waals surface area contributed by atoms with Crippen LogP contribution in [0.2, 0.25) is 0 Å². The lowest BCUT2D eigenvalue weighted by molar-refractivity contribution is 0.0696. The Morgan fingerprint density at radius 1 is 0.844 bits per heavy atom. The molecule has 0 bridgehead atoms. The number of hydrogen-bond acceptors (Lipinski definition) is 5. The predicted octanol–water partition coefficient (Wildman–Crippen LogP) is 7.95. The molecule has 1 aromatic heterocycles. The number of anilines is 2. The minimum Gasteiger partial charge on any atom is -0.478 e. The molecule has 8 heteroatoms. The Morgan fingerprint density at radius 3 is 2.42 bits per heavy atom. The highest BCUT2D eigenvalue weighted by Gasteiger charge is 2.22. The van der Waals surface area contributed by atoms with Crippen LogP contribution in [0.25, 0.3) is 10.9 Å². The quantitative estimate of drug-likeness (QED) is 0.129. The van der Waals surface area contributed by atoms with Gasteiger partial charge in [-0.3, -0.25) is 9.59 Å². The third kappa shape index (κ3) is 6.66. The lowest BCUT2D eigenvalue weighted by Crippen LogP contribution is -2.29. The maximum absolute atomic E-state index is 14.2. The summed E-state index contributed by atoms with van der Waals surface area (Å²) in [5.41, 5.74) is 6.23. The monoisotopic (exact) mass is 617 g/mol. The Balaban J connectivity index is 1.27. The molecule has 1 fully saturated rings. The maximum atomic E-state index is 14.2. The first-order chi connectivity index (χ1) is 21.8. The number of thioether (sulfide) groups is 1. The largest absolute Gasteiger partial charge is 0.478 e. The number of amides is 1. The van der Waals surface area contributed by atoms with Crippen LogP contribution in [-0.4, -0.2) is 40.4 Å². The summed E-state index contributed by atoms with van der Waals surface area (Å²) in [7, 11) is 1.91. The second-order valence-electron chi connectivity index (χ2n) is 11.5. The van der Waals surface area contributed by atoms with E-state index in [9.17, 15) is 19.5 Å². The second-order valence-corrected chi connectivity index (χ2v) is 12.6. The number of aromatic carboxylic acids is 1. The number of aromatic nitrogens is 1. The van der Waals surface area contributed by atoms with Crippen LogP contribution in [-0.2, 0) is 12.8 Å². The Morgan fingerprint density at radius 2 is 1.62 bits per heavy atom. The minimum atomic E-state index is -0.964. The van der Waals surface area contributed by atoms with E-state index in [1.54, 1.807) is 24.3 Å². The first-order valence-corrected chi connectivity index (χ1v) is 16.1. The van der Waals surface area contributed by atoms with Crippen molar-refractivity contribution in [2.24, 2.45) is 7.05 Å². The number of aryl methyl sites for hydroxylation is 2. The van der Waals surface area contributed by atoms with E-state index >= 15 is 0 Å². The summed E-state index contributed by atoms with van der Waals surface area (Å²) >= 11 is 1.51. The number of hydrogen-bond donors (Lipinski definition) is 2. The highest BCUT2D eigenvalue weighted by molar-refractivity contribution is 7.98. The van der Waals surface area contributed by atoms with Crippen molar-refractivity contribution in [3.63, 3.8) is 0 Å². The number of carboxylic acids is 1. The Labute approximate surface area is 266 Å². The third-order valence-corrected chi connectivity index (χ3v) is 9.39. The molecule has 5 aromatic rings. The molecule has 7 nitrogen and oxygen atoms in total. The number of carbonyl (C=O) groups is 3. The summed E-state index contributed by atoms with van der Waals surface area (Å²) < 4.78 is 1.93. The Hall–Kier alpha value is -4.82. The van der Waals surface area contributed by atoms with E-state index in [-0.39, 0.29) is 17.3 Å². The Kier molecular flexibility index (Phi) is 8.76. The van der Waals surface area contributed by atoms with Crippen molar-refractivity contribution in [3.05, 3.63) is 125 Å². The molecule has 0 atom stereocenters. The molecule has 0 radical (unpaired) electrons. The van der Waals surface area contributed by atoms with Crippen LogP contribution in [0.4, 0.5) is 11.4 Å². The molecule has 228 valence electrons. The van der Waals surface area contributed by atoms with Gasteiger partial charge in [-0.05, 0) is 98.0 Å². The van der Waals surface area contributed by atoms with Crippen molar-refractivity contribution in [1.82, 2.24) is 4.57 Å². The van der Waals surface area contributed by atoms with Crippen LogP contribution in [0.15, 0.2) is 95.9 Å². The molecule has 0 unspecified atom stereocenters. The van der Waals surface area contributed by atoms with Crippen molar-refractivity contribution in [2.45, 2.75) is 36.8 Å². The van der Waals surface area contributed by atoms with Gasteiger partial charge in [0.2, 0.25) is 5.78 Å². The highest BCUT2D eigenvalue weighted by Crippen LogP contribution is 2.31. The SMILES string of the molecule is Cc1ccc2cc(C(=O)c3cc(N4CCCCC4)ccc3NC(=O)c3cccc(CSc4cccc(C(=O)O)c4)c3)n(C)c2c1. The second kappa shape index (κ2) is 13.0. The topological polar surface area (TPSA) is 91.6 Å².